The Labute approximate surface area is 209 Å². The van der Waals surface area contributed by atoms with Crippen molar-refractivity contribution < 1.29 is 24.1 Å². The maximum Gasteiger partial charge on any atom is 0.273 e. The number of hydrogen-bond acceptors (Lipinski definition) is 6. The molecule has 2 aliphatic carbocycles. The first-order valence-electron chi connectivity index (χ1n) is 11.1. The molecule has 1 saturated heterocycles. The van der Waals surface area contributed by atoms with Gasteiger partial charge in [-0.3, -0.25) is 29.3 Å². The zero-order chi connectivity index (χ0) is 25.0. The third kappa shape index (κ3) is 3.88. The highest BCUT2D eigenvalue weighted by Crippen LogP contribution is 2.56. The van der Waals surface area contributed by atoms with Crippen LogP contribution in [-0.2, 0) is 9.59 Å². The SMILES string of the molecule is O=C(CN(C(=O)c1ccc(Cl)c(Cl)c1)N1C(=O)[C@@H]2[C@H]3CC[C@@H](C3)[C@H]2C1=O)c1cccc([N+](=O)[O-])c1. The molecular formula is C24H19Cl2N3O6. The van der Waals surface area contributed by atoms with Crippen molar-refractivity contribution in [3.05, 3.63) is 73.8 Å². The molecule has 0 unspecified atom stereocenters. The van der Waals surface area contributed by atoms with Crippen molar-refractivity contribution in [3.63, 3.8) is 0 Å². The number of Topliss-reactive ketones (excluding diaryl/α,β-unsaturated/α-hetero) is 1. The molecule has 2 saturated carbocycles. The van der Waals surface area contributed by atoms with Crippen LogP contribution in [0.4, 0.5) is 5.69 Å². The lowest BCUT2D eigenvalue weighted by molar-refractivity contribution is -0.384. The molecule has 3 fully saturated rings. The van der Waals surface area contributed by atoms with E-state index in [1.54, 1.807) is 0 Å². The number of carbonyl (C=O) groups excluding carboxylic acids is 4. The van der Waals surface area contributed by atoms with E-state index in [0.717, 1.165) is 35.3 Å². The summed E-state index contributed by atoms with van der Waals surface area (Å²) in [6.45, 7) is -0.660. The molecule has 3 amide bonds. The summed E-state index contributed by atoms with van der Waals surface area (Å²) in [6.07, 6.45) is 2.52. The van der Waals surface area contributed by atoms with Gasteiger partial charge in [-0.15, -0.1) is 0 Å². The number of carbonyl (C=O) groups is 4. The van der Waals surface area contributed by atoms with Crippen LogP contribution in [0.2, 0.25) is 10.0 Å². The van der Waals surface area contributed by atoms with E-state index in [1.807, 2.05) is 0 Å². The third-order valence-electron chi connectivity index (χ3n) is 7.22. The average molecular weight is 516 g/mol. The Balaban J connectivity index is 1.51. The first-order valence-corrected chi connectivity index (χ1v) is 11.8. The second-order valence-corrected chi connectivity index (χ2v) is 9.91. The molecule has 0 radical (unpaired) electrons. The van der Waals surface area contributed by atoms with Gasteiger partial charge in [0.2, 0.25) is 0 Å². The highest BCUT2D eigenvalue weighted by Gasteiger charge is 2.62. The van der Waals surface area contributed by atoms with E-state index in [2.05, 4.69) is 0 Å². The molecule has 11 heteroatoms. The predicted octanol–water partition coefficient (Wildman–Crippen LogP) is 4.17. The average Bonchev–Trinajstić information content (AvgIpc) is 3.53. The molecule has 180 valence electrons. The number of halogens is 2. The number of non-ortho nitro benzene ring substituents is 1. The van der Waals surface area contributed by atoms with E-state index in [0.29, 0.717) is 0 Å². The lowest BCUT2D eigenvalue weighted by atomic mass is 9.81. The highest BCUT2D eigenvalue weighted by molar-refractivity contribution is 6.42. The summed E-state index contributed by atoms with van der Waals surface area (Å²) >= 11 is 12.0. The molecule has 5 rings (SSSR count). The molecule has 1 heterocycles. The minimum absolute atomic E-state index is 0.0227. The number of nitro benzene ring substituents is 1. The number of benzene rings is 2. The molecule has 0 aromatic heterocycles. The van der Waals surface area contributed by atoms with Crippen LogP contribution in [0.1, 0.15) is 40.0 Å². The van der Waals surface area contributed by atoms with E-state index in [1.165, 1.54) is 36.4 Å². The van der Waals surface area contributed by atoms with Crippen molar-refractivity contribution in [2.24, 2.45) is 23.7 Å². The largest absolute Gasteiger partial charge is 0.292 e. The van der Waals surface area contributed by atoms with Gasteiger partial charge >= 0.3 is 0 Å². The van der Waals surface area contributed by atoms with Gasteiger partial charge in [0.05, 0.1) is 26.8 Å². The van der Waals surface area contributed by atoms with E-state index < -0.39 is 46.8 Å². The van der Waals surface area contributed by atoms with Crippen LogP contribution in [0.5, 0.6) is 0 Å². The zero-order valence-electron chi connectivity index (χ0n) is 18.2. The van der Waals surface area contributed by atoms with Crippen LogP contribution in [-0.4, -0.2) is 45.0 Å². The van der Waals surface area contributed by atoms with Crippen molar-refractivity contribution >= 4 is 52.4 Å². The lowest BCUT2D eigenvalue weighted by Gasteiger charge is -2.31. The van der Waals surface area contributed by atoms with Crippen molar-refractivity contribution in [3.8, 4) is 0 Å². The third-order valence-corrected chi connectivity index (χ3v) is 7.96. The predicted molar refractivity (Wildman–Crippen MR) is 125 cm³/mol. The number of ketones is 1. The van der Waals surface area contributed by atoms with Gasteiger partial charge in [-0.05, 0) is 49.3 Å². The summed E-state index contributed by atoms with van der Waals surface area (Å²) in [6, 6.07) is 9.14. The van der Waals surface area contributed by atoms with Crippen LogP contribution < -0.4 is 0 Å². The Kier molecular flexibility index (Phi) is 5.85. The summed E-state index contributed by atoms with van der Waals surface area (Å²) in [7, 11) is 0. The minimum Gasteiger partial charge on any atom is -0.292 e. The fourth-order valence-corrected chi connectivity index (χ4v) is 5.96. The van der Waals surface area contributed by atoms with Gasteiger partial charge in [0, 0.05) is 23.3 Å². The van der Waals surface area contributed by atoms with Crippen LogP contribution >= 0.6 is 23.2 Å². The Morgan fingerprint density at radius 3 is 2.23 bits per heavy atom. The maximum atomic E-state index is 13.5. The topological polar surface area (TPSA) is 118 Å². The number of nitro groups is 1. The highest BCUT2D eigenvalue weighted by atomic mass is 35.5. The fourth-order valence-electron chi connectivity index (χ4n) is 5.66. The van der Waals surface area contributed by atoms with Gasteiger partial charge in [-0.2, -0.15) is 5.01 Å². The summed E-state index contributed by atoms with van der Waals surface area (Å²) in [4.78, 5) is 64.0. The normalized spacial score (nSPS) is 24.6. The summed E-state index contributed by atoms with van der Waals surface area (Å²) in [5.74, 6) is -3.27. The van der Waals surface area contributed by atoms with E-state index in [4.69, 9.17) is 23.2 Å². The smallest absolute Gasteiger partial charge is 0.273 e. The van der Waals surface area contributed by atoms with Crippen LogP contribution in [0.15, 0.2) is 42.5 Å². The second-order valence-electron chi connectivity index (χ2n) is 9.10. The van der Waals surface area contributed by atoms with Crippen LogP contribution in [0.25, 0.3) is 0 Å². The standard InChI is InChI=1S/C24H19Cl2N3O6/c25-17-7-6-15(10-18(17)26)22(31)27(11-19(30)12-2-1-3-16(9-12)29(34)35)28-23(32)20-13-4-5-14(8-13)21(20)24(28)33/h1-3,6-7,9-10,13-14,20-21H,4-5,8,11H2/t13-,14-,20+,21+/m0/s1. The number of hydrogen-bond donors (Lipinski definition) is 0. The van der Waals surface area contributed by atoms with Gasteiger partial charge in [0.25, 0.3) is 23.4 Å². The zero-order valence-corrected chi connectivity index (χ0v) is 19.7. The quantitative estimate of drug-likeness (QED) is 0.246. The first-order chi connectivity index (χ1) is 16.7. The van der Waals surface area contributed by atoms with Gasteiger partial charge in [0.15, 0.2) is 5.78 Å². The number of hydrazine groups is 1. The van der Waals surface area contributed by atoms with Crippen LogP contribution in [0, 0.1) is 33.8 Å². The molecule has 0 spiro atoms. The summed E-state index contributed by atoms with van der Waals surface area (Å²) < 4.78 is 0. The second kappa shape index (κ2) is 8.73. The Morgan fingerprint density at radius 1 is 0.971 bits per heavy atom. The van der Waals surface area contributed by atoms with Crippen LogP contribution in [0.3, 0.4) is 0 Å². The van der Waals surface area contributed by atoms with Crippen molar-refractivity contribution in [2.75, 3.05) is 6.54 Å². The molecule has 0 N–H and O–H groups in total. The Morgan fingerprint density at radius 2 is 1.63 bits per heavy atom. The van der Waals surface area contributed by atoms with E-state index in [9.17, 15) is 29.3 Å². The minimum atomic E-state index is -0.781. The van der Waals surface area contributed by atoms with Gasteiger partial charge in [-0.1, -0.05) is 35.3 Å². The molecule has 4 atom stereocenters. The lowest BCUT2D eigenvalue weighted by Crippen LogP contribution is -2.52. The Bertz CT molecular complexity index is 1270. The van der Waals surface area contributed by atoms with E-state index >= 15 is 0 Å². The van der Waals surface area contributed by atoms with E-state index in [-0.39, 0.29) is 38.7 Å². The molecule has 2 aromatic carbocycles. The Hall–Kier alpha value is -3.30. The molecule has 2 aromatic rings. The molecule has 3 aliphatic rings. The maximum absolute atomic E-state index is 13.5. The van der Waals surface area contributed by atoms with Crippen molar-refractivity contribution in [1.82, 2.24) is 10.0 Å². The number of amides is 3. The monoisotopic (exact) mass is 515 g/mol. The number of nitrogens with zero attached hydrogens (tertiary/aromatic N) is 3. The summed E-state index contributed by atoms with van der Waals surface area (Å²) in [5, 5.41) is 13.1. The summed E-state index contributed by atoms with van der Waals surface area (Å²) in [5.41, 5.74) is -0.282. The molecule has 9 nitrogen and oxygen atoms in total. The van der Waals surface area contributed by atoms with Crippen molar-refractivity contribution in [2.45, 2.75) is 19.3 Å². The van der Waals surface area contributed by atoms with Crippen molar-refractivity contribution in [1.29, 1.82) is 0 Å². The molecule has 35 heavy (non-hydrogen) atoms. The number of imide groups is 1. The van der Waals surface area contributed by atoms with Gasteiger partial charge in [-0.25, -0.2) is 5.01 Å². The fraction of sp³-hybridized carbons (Fsp3) is 0.333. The molecule has 2 bridgehead atoms. The molecular weight excluding hydrogens is 497 g/mol. The molecule has 1 aliphatic heterocycles. The van der Waals surface area contributed by atoms with Gasteiger partial charge in [0.1, 0.15) is 6.54 Å². The number of rotatable bonds is 6. The van der Waals surface area contributed by atoms with Gasteiger partial charge < -0.3 is 0 Å². The first kappa shape index (κ1) is 23.4. The number of fused-ring (bicyclic) bond motifs is 5.